The van der Waals surface area contributed by atoms with Gasteiger partial charge in [0.15, 0.2) is 5.96 Å². The van der Waals surface area contributed by atoms with Crippen LogP contribution in [0.1, 0.15) is 36.3 Å². The number of guanidine groups is 1. The molecule has 0 aliphatic carbocycles. The number of oxazole rings is 1. The molecule has 5 nitrogen and oxygen atoms in total. The van der Waals surface area contributed by atoms with Crippen LogP contribution in [0.25, 0.3) is 0 Å². The highest BCUT2D eigenvalue weighted by atomic mass is 35.5. The molecule has 2 aromatic rings. The SMILES string of the molecule is CCNC(=NCc1nc(C)c(C)o1)NCCCc1ccccc1Cl. The van der Waals surface area contributed by atoms with E-state index in [-0.39, 0.29) is 0 Å². The zero-order valence-corrected chi connectivity index (χ0v) is 15.3. The number of halogens is 1. The summed E-state index contributed by atoms with van der Waals surface area (Å²) in [6, 6.07) is 7.96. The first-order valence-corrected chi connectivity index (χ1v) is 8.66. The lowest BCUT2D eigenvalue weighted by atomic mass is 10.1. The van der Waals surface area contributed by atoms with Crippen LogP contribution in [0.15, 0.2) is 33.7 Å². The fourth-order valence-electron chi connectivity index (χ4n) is 2.28. The number of aromatic nitrogens is 1. The molecule has 0 amide bonds. The molecule has 1 aromatic heterocycles. The van der Waals surface area contributed by atoms with Gasteiger partial charge in [0.1, 0.15) is 12.3 Å². The summed E-state index contributed by atoms with van der Waals surface area (Å²) < 4.78 is 5.55. The van der Waals surface area contributed by atoms with E-state index in [9.17, 15) is 0 Å². The molecule has 0 fully saturated rings. The van der Waals surface area contributed by atoms with E-state index >= 15 is 0 Å². The number of hydrogen-bond donors (Lipinski definition) is 2. The zero-order chi connectivity index (χ0) is 17.4. The van der Waals surface area contributed by atoms with E-state index < -0.39 is 0 Å². The van der Waals surface area contributed by atoms with Crippen LogP contribution in [0.3, 0.4) is 0 Å². The summed E-state index contributed by atoms with van der Waals surface area (Å²) in [6.45, 7) is 7.94. The molecule has 24 heavy (non-hydrogen) atoms. The van der Waals surface area contributed by atoms with E-state index in [1.54, 1.807) is 0 Å². The van der Waals surface area contributed by atoms with Gasteiger partial charge in [-0.25, -0.2) is 9.98 Å². The Kier molecular flexibility index (Phi) is 7.12. The Hall–Kier alpha value is -2.01. The highest BCUT2D eigenvalue weighted by molar-refractivity contribution is 6.31. The predicted octanol–water partition coefficient (Wildman–Crippen LogP) is 3.63. The molecule has 6 heteroatoms. The van der Waals surface area contributed by atoms with Gasteiger partial charge in [-0.1, -0.05) is 29.8 Å². The molecule has 1 heterocycles. The molecule has 130 valence electrons. The average molecular weight is 349 g/mol. The third-order valence-corrected chi connectivity index (χ3v) is 4.03. The lowest BCUT2D eigenvalue weighted by Gasteiger charge is -2.11. The van der Waals surface area contributed by atoms with Gasteiger partial charge < -0.3 is 15.1 Å². The molecule has 0 aliphatic heterocycles. The van der Waals surface area contributed by atoms with Crippen molar-refractivity contribution in [2.75, 3.05) is 13.1 Å². The standard InChI is InChI=1S/C18H25ClN4O/c1-4-20-18(22-12-17-23-13(2)14(3)24-17)21-11-7-9-15-8-5-6-10-16(15)19/h5-6,8,10H,4,7,9,11-12H2,1-3H3,(H2,20,21,22). The van der Waals surface area contributed by atoms with Gasteiger partial charge in [0.05, 0.1) is 5.69 Å². The van der Waals surface area contributed by atoms with Crippen molar-refractivity contribution in [1.29, 1.82) is 0 Å². The van der Waals surface area contributed by atoms with Crippen LogP contribution in [-0.2, 0) is 13.0 Å². The first-order chi connectivity index (χ1) is 11.6. The fraction of sp³-hybridized carbons (Fsp3) is 0.444. The van der Waals surface area contributed by atoms with Gasteiger partial charge in [0.2, 0.25) is 5.89 Å². The normalized spacial score (nSPS) is 11.6. The fourth-order valence-corrected chi connectivity index (χ4v) is 2.51. The Morgan fingerprint density at radius 1 is 1.25 bits per heavy atom. The maximum Gasteiger partial charge on any atom is 0.216 e. The Bertz CT molecular complexity index is 662. The quantitative estimate of drug-likeness (QED) is 0.455. The minimum Gasteiger partial charge on any atom is -0.444 e. The molecular formula is C18H25ClN4O. The molecule has 0 atom stereocenters. The second-order valence-electron chi connectivity index (χ2n) is 5.57. The molecule has 1 aromatic carbocycles. The third-order valence-electron chi connectivity index (χ3n) is 3.66. The van der Waals surface area contributed by atoms with Crippen molar-refractivity contribution >= 4 is 17.6 Å². The van der Waals surface area contributed by atoms with Gasteiger partial charge in [-0.2, -0.15) is 0 Å². The van der Waals surface area contributed by atoms with Gasteiger partial charge in [-0.15, -0.1) is 0 Å². The Balaban J connectivity index is 1.82. The topological polar surface area (TPSA) is 62.5 Å². The largest absolute Gasteiger partial charge is 0.444 e. The van der Waals surface area contributed by atoms with E-state index in [0.29, 0.717) is 12.4 Å². The first kappa shape index (κ1) is 18.3. The molecule has 0 saturated carbocycles. The van der Waals surface area contributed by atoms with Crippen molar-refractivity contribution in [3.63, 3.8) is 0 Å². The molecule has 0 spiro atoms. The number of hydrogen-bond acceptors (Lipinski definition) is 3. The summed E-state index contributed by atoms with van der Waals surface area (Å²) in [4.78, 5) is 8.86. The van der Waals surface area contributed by atoms with Crippen LogP contribution in [0.4, 0.5) is 0 Å². The lowest BCUT2D eigenvalue weighted by molar-refractivity contribution is 0.473. The summed E-state index contributed by atoms with van der Waals surface area (Å²) in [5.41, 5.74) is 2.09. The molecule has 0 unspecified atom stereocenters. The summed E-state index contributed by atoms with van der Waals surface area (Å²) in [5.74, 6) is 2.25. The predicted molar refractivity (Wildman–Crippen MR) is 98.6 cm³/mol. The van der Waals surface area contributed by atoms with E-state index in [0.717, 1.165) is 48.4 Å². The van der Waals surface area contributed by atoms with E-state index in [4.69, 9.17) is 16.0 Å². The Morgan fingerprint density at radius 2 is 2.04 bits per heavy atom. The number of nitrogens with zero attached hydrogens (tertiary/aromatic N) is 2. The van der Waals surface area contributed by atoms with Crippen LogP contribution in [0, 0.1) is 13.8 Å². The number of nitrogens with one attached hydrogen (secondary N) is 2. The number of aliphatic imine (C=N–C) groups is 1. The van der Waals surface area contributed by atoms with E-state index in [1.165, 1.54) is 5.56 Å². The van der Waals surface area contributed by atoms with E-state index in [1.807, 2.05) is 39.0 Å². The molecule has 0 bridgehead atoms. The summed E-state index contributed by atoms with van der Waals surface area (Å²) in [5, 5.41) is 7.38. The van der Waals surface area contributed by atoms with Crippen molar-refractivity contribution in [1.82, 2.24) is 15.6 Å². The third kappa shape index (κ3) is 5.57. The smallest absolute Gasteiger partial charge is 0.216 e. The molecule has 0 saturated heterocycles. The number of aryl methyl sites for hydroxylation is 3. The molecule has 0 radical (unpaired) electrons. The number of benzene rings is 1. The number of rotatable bonds is 7. The van der Waals surface area contributed by atoms with Crippen LogP contribution < -0.4 is 10.6 Å². The van der Waals surface area contributed by atoms with Crippen molar-refractivity contribution in [2.24, 2.45) is 4.99 Å². The van der Waals surface area contributed by atoms with Crippen molar-refractivity contribution in [3.05, 3.63) is 52.2 Å². The van der Waals surface area contributed by atoms with Crippen molar-refractivity contribution in [2.45, 2.75) is 40.2 Å². The molecule has 2 rings (SSSR count). The summed E-state index contributed by atoms with van der Waals surface area (Å²) in [6.07, 6.45) is 1.91. The second kappa shape index (κ2) is 9.33. The highest BCUT2D eigenvalue weighted by Crippen LogP contribution is 2.16. The van der Waals surface area contributed by atoms with Gasteiger partial charge in [0.25, 0.3) is 0 Å². The van der Waals surface area contributed by atoms with Crippen LogP contribution >= 0.6 is 11.6 Å². The van der Waals surface area contributed by atoms with Gasteiger partial charge in [0, 0.05) is 18.1 Å². The van der Waals surface area contributed by atoms with Crippen molar-refractivity contribution < 1.29 is 4.42 Å². The minimum absolute atomic E-state index is 0.425. The summed E-state index contributed by atoms with van der Waals surface area (Å²) in [7, 11) is 0. The minimum atomic E-state index is 0.425. The molecular weight excluding hydrogens is 324 g/mol. The Morgan fingerprint density at radius 3 is 2.71 bits per heavy atom. The lowest BCUT2D eigenvalue weighted by Crippen LogP contribution is -2.37. The first-order valence-electron chi connectivity index (χ1n) is 8.28. The highest BCUT2D eigenvalue weighted by Gasteiger charge is 2.05. The molecule has 2 N–H and O–H groups in total. The van der Waals surface area contributed by atoms with Gasteiger partial charge >= 0.3 is 0 Å². The average Bonchev–Trinajstić information content (AvgIpc) is 2.89. The maximum absolute atomic E-state index is 6.17. The van der Waals surface area contributed by atoms with Gasteiger partial charge in [-0.3, -0.25) is 0 Å². The van der Waals surface area contributed by atoms with Gasteiger partial charge in [-0.05, 0) is 45.2 Å². The van der Waals surface area contributed by atoms with Crippen molar-refractivity contribution in [3.8, 4) is 0 Å². The zero-order valence-electron chi connectivity index (χ0n) is 14.5. The van der Waals surface area contributed by atoms with Crippen LogP contribution in [-0.4, -0.2) is 24.0 Å². The Labute approximate surface area is 148 Å². The van der Waals surface area contributed by atoms with Crippen LogP contribution in [0.5, 0.6) is 0 Å². The second-order valence-corrected chi connectivity index (χ2v) is 5.97. The maximum atomic E-state index is 6.17. The van der Waals surface area contributed by atoms with Crippen LogP contribution in [0.2, 0.25) is 5.02 Å². The molecule has 0 aliphatic rings. The monoisotopic (exact) mass is 348 g/mol. The van der Waals surface area contributed by atoms with E-state index in [2.05, 4.69) is 26.7 Å². The summed E-state index contributed by atoms with van der Waals surface area (Å²) >= 11 is 6.17.